The maximum absolute atomic E-state index is 13.3. The van der Waals surface area contributed by atoms with Gasteiger partial charge in [-0.15, -0.1) is 0 Å². The summed E-state index contributed by atoms with van der Waals surface area (Å²) in [6.07, 6.45) is 0.303. The number of amides is 8. The van der Waals surface area contributed by atoms with Gasteiger partial charge < -0.3 is 53.8 Å². The number of likely N-dealkylation sites (tertiary alicyclic amines) is 1. The Kier molecular flexibility index (Phi) is 15.6. The van der Waals surface area contributed by atoms with Crippen LogP contribution in [0, 0.1) is 5.92 Å². The Bertz CT molecular complexity index is 1420. The number of primary amides is 2. The number of nitrogens with one attached hydrogen (secondary N) is 5. The Balaban J connectivity index is 2.12. The molecule has 1 heterocycles. The third kappa shape index (κ3) is 13.0. The van der Waals surface area contributed by atoms with Crippen LogP contribution in [0.15, 0.2) is 24.3 Å². The molecule has 0 unspecified atom stereocenters. The van der Waals surface area contributed by atoms with E-state index < -0.39 is 96.5 Å². The molecule has 0 aromatic heterocycles. The second-order valence-electron chi connectivity index (χ2n) is 12.7. The van der Waals surface area contributed by atoms with Crippen molar-refractivity contribution < 1.29 is 43.5 Å². The number of benzene rings is 1. The first-order chi connectivity index (χ1) is 23.4. The van der Waals surface area contributed by atoms with E-state index in [1.807, 2.05) is 13.8 Å². The van der Waals surface area contributed by atoms with Gasteiger partial charge in [-0.1, -0.05) is 26.0 Å². The lowest BCUT2D eigenvalue weighted by Crippen LogP contribution is -2.58. The van der Waals surface area contributed by atoms with Gasteiger partial charge in [-0.3, -0.25) is 38.4 Å². The summed E-state index contributed by atoms with van der Waals surface area (Å²) in [4.78, 5) is 103. The van der Waals surface area contributed by atoms with Gasteiger partial charge in [0, 0.05) is 13.0 Å². The molecule has 1 aromatic rings. The van der Waals surface area contributed by atoms with Crippen LogP contribution in [0.5, 0.6) is 5.75 Å². The number of hydrogen-bond donors (Lipinski definition) is 9. The molecule has 1 aliphatic heterocycles. The fourth-order valence-electron chi connectivity index (χ4n) is 5.14. The minimum Gasteiger partial charge on any atom is -0.508 e. The molecule has 1 fully saturated rings. The van der Waals surface area contributed by atoms with Gasteiger partial charge >= 0.3 is 0 Å². The van der Waals surface area contributed by atoms with Crippen LogP contribution in [0.2, 0.25) is 0 Å². The fraction of sp³-hybridized carbons (Fsp3) is 0.562. The second kappa shape index (κ2) is 19.1. The van der Waals surface area contributed by atoms with Crippen LogP contribution in [0.4, 0.5) is 0 Å². The minimum absolute atomic E-state index is 0.0103. The average molecular weight is 704 g/mol. The van der Waals surface area contributed by atoms with Gasteiger partial charge in [-0.05, 0) is 56.7 Å². The number of phenols is 1. The highest BCUT2D eigenvalue weighted by Crippen LogP contribution is 2.18. The molecular formula is C32H49N9O9. The molecule has 1 aromatic carbocycles. The number of carbonyl (C=O) groups is 8. The van der Waals surface area contributed by atoms with Crippen molar-refractivity contribution in [2.45, 2.75) is 96.1 Å². The van der Waals surface area contributed by atoms with Crippen molar-refractivity contribution in [2.24, 2.45) is 23.1 Å². The molecular weight excluding hydrogens is 654 g/mol. The Morgan fingerprint density at radius 2 is 1.42 bits per heavy atom. The van der Waals surface area contributed by atoms with Gasteiger partial charge in [0.05, 0.1) is 19.0 Å². The molecule has 0 saturated carbocycles. The van der Waals surface area contributed by atoms with Gasteiger partial charge in [0.25, 0.3) is 0 Å². The molecule has 1 aliphatic rings. The van der Waals surface area contributed by atoms with E-state index in [1.54, 1.807) is 0 Å². The van der Waals surface area contributed by atoms with Crippen molar-refractivity contribution >= 4 is 47.3 Å². The topological polar surface area (TPSA) is 298 Å². The number of hydrogen-bond acceptors (Lipinski definition) is 10. The van der Waals surface area contributed by atoms with Gasteiger partial charge in [0.15, 0.2) is 0 Å². The summed E-state index contributed by atoms with van der Waals surface area (Å²) in [7, 11) is 0. The molecule has 0 spiro atoms. The Morgan fingerprint density at radius 3 is 1.98 bits per heavy atom. The summed E-state index contributed by atoms with van der Waals surface area (Å²) in [5.41, 5.74) is 16.8. The third-order valence-electron chi connectivity index (χ3n) is 7.88. The Morgan fingerprint density at radius 1 is 0.820 bits per heavy atom. The third-order valence-corrected chi connectivity index (χ3v) is 7.88. The molecule has 276 valence electrons. The normalized spacial score (nSPS) is 17.0. The zero-order valence-corrected chi connectivity index (χ0v) is 28.7. The number of nitrogens with two attached hydrogens (primary N) is 3. The maximum atomic E-state index is 13.3. The molecule has 18 nitrogen and oxygen atoms in total. The molecule has 0 aliphatic carbocycles. The number of nitrogens with zero attached hydrogens (tertiary/aromatic N) is 1. The van der Waals surface area contributed by atoms with Gasteiger partial charge in [0.2, 0.25) is 47.3 Å². The maximum Gasteiger partial charge on any atom is 0.243 e. The smallest absolute Gasteiger partial charge is 0.243 e. The summed E-state index contributed by atoms with van der Waals surface area (Å²) >= 11 is 0. The Labute approximate surface area is 290 Å². The van der Waals surface area contributed by atoms with Crippen LogP contribution in [0.1, 0.15) is 58.9 Å². The highest BCUT2D eigenvalue weighted by molar-refractivity contribution is 5.97. The average Bonchev–Trinajstić information content (AvgIpc) is 3.53. The predicted octanol–water partition coefficient (Wildman–Crippen LogP) is -3.24. The van der Waals surface area contributed by atoms with E-state index in [0.29, 0.717) is 12.0 Å². The first-order valence-corrected chi connectivity index (χ1v) is 16.3. The zero-order chi connectivity index (χ0) is 37.7. The number of aromatic hydroxyl groups is 1. The highest BCUT2D eigenvalue weighted by Gasteiger charge is 2.37. The van der Waals surface area contributed by atoms with Crippen LogP contribution >= 0.6 is 0 Å². The summed E-state index contributed by atoms with van der Waals surface area (Å²) < 4.78 is 0. The van der Waals surface area contributed by atoms with Crippen molar-refractivity contribution in [1.29, 1.82) is 0 Å². The predicted molar refractivity (Wildman–Crippen MR) is 179 cm³/mol. The largest absolute Gasteiger partial charge is 0.508 e. The molecule has 6 atom stereocenters. The standard InChI is InChI=1S/C32H49N9O9/c1-16(2)12-21(30(48)37-18(4)27(35)45)40-32(50)24-6-5-11-41(24)26(44)15-36-29(47)23(14-25(34)43)39-31(49)22(38-28(46)17(3)33)13-19-7-9-20(42)10-8-19/h7-10,16-18,21-24,42H,5-6,11-15,33H2,1-4H3,(H2,34,43)(H2,35,45)(H,36,47)(H,37,48)(H,38,46)(H,39,49)(H,40,50)/t17-,18-,21-,22-,23-,24-/m0/s1. The van der Waals surface area contributed by atoms with Gasteiger partial charge in [-0.2, -0.15) is 0 Å². The van der Waals surface area contributed by atoms with E-state index in [0.717, 1.165) is 0 Å². The first-order valence-electron chi connectivity index (χ1n) is 16.3. The molecule has 18 heteroatoms. The van der Waals surface area contributed by atoms with Crippen LogP contribution in [0.25, 0.3) is 0 Å². The van der Waals surface area contributed by atoms with E-state index in [2.05, 4.69) is 26.6 Å². The molecule has 8 amide bonds. The van der Waals surface area contributed by atoms with E-state index in [-0.39, 0.29) is 37.5 Å². The quantitative estimate of drug-likeness (QED) is 0.0736. The summed E-state index contributed by atoms with van der Waals surface area (Å²) in [5.74, 6) is -5.98. The molecule has 0 radical (unpaired) electrons. The molecule has 0 bridgehead atoms. The molecule has 12 N–H and O–H groups in total. The van der Waals surface area contributed by atoms with Crippen molar-refractivity contribution in [3.63, 3.8) is 0 Å². The van der Waals surface area contributed by atoms with Gasteiger partial charge in [-0.25, -0.2) is 0 Å². The van der Waals surface area contributed by atoms with Crippen LogP contribution in [-0.2, 0) is 44.8 Å². The van der Waals surface area contributed by atoms with Crippen molar-refractivity contribution in [3.05, 3.63) is 29.8 Å². The monoisotopic (exact) mass is 703 g/mol. The number of carbonyl (C=O) groups excluding carboxylic acids is 8. The second-order valence-corrected chi connectivity index (χ2v) is 12.7. The first kappa shape index (κ1) is 40.9. The lowest BCUT2D eigenvalue weighted by molar-refractivity contribution is -0.140. The van der Waals surface area contributed by atoms with E-state index in [4.69, 9.17) is 17.2 Å². The lowest BCUT2D eigenvalue weighted by Gasteiger charge is -2.28. The molecule has 50 heavy (non-hydrogen) atoms. The van der Waals surface area contributed by atoms with Crippen molar-refractivity contribution in [3.8, 4) is 5.75 Å². The van der Waals surface area contributed by atoms with Crippen LogP contribution in [0.3, 0.4) is 0 Å². The molecule has 1 saturated heterocycles. The number of phenolic OH excluding ortho intramolecular Hbond substituents is 1. The zero-order valence-electron chi connectivity index (χ0n) is 28.7. The van der Waals surface area contributed by atoms with E-state index in [9.17, 15) is 43.5 Å². The van der Waals surface area contributed by atoms with E-state index >= 15 is 0 Å². The SMILES string of the molecule is CC(C)C[C@H](NC(=O)[C@@H]1CCCN1C(=O)CNC(=O)[C@H](CC(N)=O)NC(=O)[C@H](Cc1ccc(O)cc1)NC(=O)[C@H](C)N)C(=O)N[C@@H](C)C(N)=O. The summed E-state index contributed by atoms with van der Waals surface area (Å²) in [6.45, 7) is 6.10. The fourth-order valence-corrected chi connectivity index (χ4v) is 5.14. The lowest BCUT2D eigenvalue weighted by atomic mass is 10.0. The van der Waals surface area contributed by atoms with Crippen molar-refractivity contribution in [1.82, 2.24) is 31.5 Å². The molecule has 2 rings (SSSR count). The minimum atomic E-state index is -1.53. The van der Waals surface area contributed by atoms with Crippen molar-refractivity contribution in [2.75, 3.05) is 13.1 Å². The van der Waals surface area contributed by atoms with Crippen LogP contribution in [-0.4, -0.2) is 107 Å². The summed E-state index contributed by atoms with van der Waals surface area (Å²) in [6, 6.07) is -0.831. The van der Waals surface area contributed by atoms with E-state index in [1.165, 1.54) is 43.0 Å². The Hall–Kier alpha value is -5.26. The van der Waals surface area contributed by atoms with Crippen LogP contribution < -0.4 is 43.8 Å². The number of rotatable bonds is 18. The van der Waals surface area contributed by atoms with Gasteiger partial charge in [0.1, 0.15) is 36.0 Å². The summed E-state index contributed by atoms with van der Waals surface area (Å²) in [5, 5.41) is 22.0. The highest BCUT2D eigenvalue weighted by atomic mass is 16.3.